The van der Waals surface area contributed by atoms with Crippen LogP contribution < -0.4 is 4.74 Å². The van der Waals surface area contributed by atoms with Crippen LogP contribution in [0.5, 0.6) is 5.88 Å². The van der Waals surface area contributed by atoms with Crippen molar-refractivity contribution in [2.24, 2.45) is 0 Å². The number of aromatic nitrogens is 1. The van der Waals surface area contributed by atoms with E-state index in [0.717, 1.165) is 13.0 Å². The summed E-state index contributed by atoms with van der Waals surface area (Å²) in [4.78, 5) is 0. The molecule has 1 aromatic heterocycles. The molecule has 5 heteroatoms. The first-order valence-corrected chi connectivity index (χ1v) is 11.1. The molecule has 0 aliphatic carbocycles. The van der Waals surface area contributed by atoms with Gasteiger partial charge in [-0.25, -0.2) is 0 Å². The number of ether oxygens (including phenoxy) is 2. The van der Waals surface area contributed by atoms with Crippen molar-refractivity contribution in [3.05, 3.63) is 12.3 Å². The molecule has 0 saturated heterocycles. The number of hydrogen-bond donors (Lipinski definition) is 1. The van der Waals surface area contributed by atoms with E-state index in [1.165, 1.54) is 89.7 Å². The van der Waals surface area contributed by atoms with Crippen LogP contribution >= 0.6 is 0 Å². The lowest BCUT2D eigenvalue weighted by Crippen LogP contribution is -2.27. The number of aliphatic hydroxyl groups is 1. The molecule has 0 bridgehead atoms. The number of rotatable bonds is 20. The van der Waals surface area contributed by atoms with Crippen LogP contribution in [0.1, 0.15) is 96.8 Å². The molecule has 0 aliphatic rings. The largest absolute Gasteiger partial charge is 0.467 e. The zero-order valence-corrected chi connectivity index (χ0v) is 17.4. The fourth-order valence-corrected chi connectivity index (χ4v) is 3.17. The monoisotopic (exact) mass is 383 g/mol. The van der Waals surface area contributed by atoms with Gasteiger partial charge in [0.05, 0.1) is 13.2 Å². The summed E-state index contributed by atoms with van der Waals surface area (Å²) in [6.07, 6.45) is 20.0. The quantitative estimate of drug-likeness (QED) is 0.283. The van der Waals surface area contributed by atoms with Gasteiger partial charge < -0.3 is 19.1 Å². The van der Waals surface area contributed by atoms with Crippen LogP contribution in [0.25, 0.3) is 0 Å². The summed E-state index contributed by atoms with van der Waals surface area (Å²) in [5.74, 6) is 0.383. The van der Waals surface area contributed by atoms with Gasteiger partial charge in [0, 0.05) is 12.7 Å². The molecule has 1 heterocycles. The summed E-state index contributed by atoms with van der Waals surface area (Å²) in [6.45, 7) is 3.28. The molecule has 1 N–H and O–H groups in total. The minimum Gasteiger partial charge on any atom is -0.467 e. The number of nitrogens with zero attached hydrogens (tertiary/aromatic N) is 1. The van der Waals surface area contributed by atoms with Gasteiger partial charge in [0.25, 0.3) is 5.88 Å². The van der Waals surface area contributed by atoms with E-state index in [1.54, 1.807) is 6.07 Å². The average molecular weight is 384 g/mol. The first-order chi connectivity index (χ1) is 13.4. The highest BCUT2D eigenvalue weighted by atomic mass is 16.6. The molecule has 0 saturated carbocycles. The summed E-state index contributed by atoms with van der Waals surface area (Å²) in [5, 5.41) is 13.0. The van der Waals surface area contributed by atoms with E-state index >= 15 is 0 Å². The highest BCUT2D eigenvalue weighted by molar-refractivity contribution is 5.02. The van der Waals surface area contributed by atoms with Crippen molar-refractivity contribution in [2.75, 3.05) is 19.8 Å². The molecular formula is C22H41NO4. The Labute approximate surface area is 165 Å². The summed E-state index contributed by atoms with van der Waals surface area (Å²) in [7, 11) is 0. The topological polar surface area (TPSA) is 64.7 Å². The maximum atomic E-state index is 9.29. The van der Waals surface area contributed by atoms with E-state index in [9.17, 15) is 5.11 Å². The molecule has 0 amide bonds. The number of aliphatic hydroxyl groups excluding tert-OH is 1. The van der Waals surface area contributed by atoms with Crippen molar-refractivity contribution in [3.8, 4) is 5.88 Å². The first kappa shape index (κ1) is 24.0. The maximum absolute atomic E-state index is 9.29. The number of unbranched alkanes of at least 4 members (excludes halogenated alkanes) is 13. The summed E-state index contributed by atoms with van der Waals surface area (Å²) < 4.78 is 15.7. The summed E-state index contributed by atoms with van der Waals surface area (Å²) >= 11 is 0. The predicted octanol–water partition coefficient (Wildman–Crippen LogP) is 5.91. The SMILES string of the molecule is CCCCCCCCCCCCCCCCOCC(CO)Oc1ccon1. The van der Waals surface area contributed by atoms with Gasteiger partial charge in [-0.3, -0.25) is 0 Å². The van der Waals surface area contributed by atoms with E-state index in [-0.39, 0.29) is 12.7 Å². The fourth-order valence-electron chi connectivity index (χ4n) is 3.17. The highest BCUT2D eigenvalue weighted by Gasteiger charge is 2.11. The van der Waals surface area contributed by atoms with Crippen LogP contribution in [0.15, 0.2) is 16.9 Å². The molecular weight excluding hydrogens is 342 g/mol. The van der Waals surface area contributed by atoms with Crippen molar-refractivity contribution in [3.63, 3.8) is 0 Å². The Kier molecular flexibility index (Phi) is 16.2. The molecule has 1 atom stereocenters. The zero-order valence-electron chi connectivity index (χ0n) is 17.4. The third-order valence-corrected chi connectivity index (χ3v) is 4.85. The third kappa shape index (κ3) is 14.6. The zero-order chi connectivity index (χ0) is 19.4. The van der Waals surface area contributed by atoms with Crippen molar-refractivity contribution in [1.29, 1.82) is 0 Å². The Balaban J connectivity index is 1.77. The van der Waals surface area contributed by atoms with Crippen LogP contribution in [0.3, 0.4) is 0 Å². The smallest absolute Gasteiger partial charge is 0.254 e. The van der Waals surface area contributed by atoms with Crippen LogP contribution in [0.2, 0.25) is 0 Å². The molecule has 1 aromatic rings. The van der Waals surface area contributed by atoms with Crippen LogP contribution in [0, 0.1) is 0 Å². The molecule has 1 unspecified atom stereocenters. The van der Waals surface area contributed by atoms with Crippen LogP contribution in [-0.4, -0.2) is 36.2 Å². The first-order valence-electron chi connectivity index (χ1n) is 11.1. The summed E-state index contributed by atoms with van der Waals surface area (Å²) in [6, 6.07) is 1.62. The van der Waals surface area contributed by atoms with E-state index in [2.05, 4.69) is 12.1 Å². The van der Waals surface area contributed by atoms with Crippen molar-refractivity contribution >= 4 is 0 Å². The van der Waals surface area contributed by atoms with Gasteiger partial charge in [-0.1, -0.05) is 90.4 Å². The fraction of sp³-hybridized carbons (Fsp3) is 0.864. The van der Waals surface area contributed by atoms with Gasteiger partial charge in [0.1, 0.15) is 12.4 Å². The second kappa shape index (κ2) is 18.3. The van der Waals surface area contributed by atoms with Crippen molar-refractivity contribution in [2.45, 2.75) is 103 Å². The van der Waals surface area contributed by atoms with Gasteiger partial charge in [0.2, 0.25) is 0 Å². The normalized spacial score (nSPS) is 12.4. The minimum atomic E-state index is -0.387. The maximum Gasteiger partial charge on any atom is 0.254 e. The Morgan fingerprint density at radius 3 is 1.93 bits per heavy atom. The molecule has 0 aliphatic heterocycles. The van der Waals surface area contributed by atoms with Crippen molar-refractivity contribution in [1.82, 2.24) is 5.16 Å². The van der Waals surface area contributed by atoms with E-state index in [1.807, 2.05) is 0 Å². The number of hydrogen-bond acceptors (Lipinski definition) is 5. The van der Waals surface area contributed by atoms with E-state index in [0.29, 0.717) is 12.5 Å². The Morgan fingerprint density at radius 1 is 0.889 bits per heavy atom. The average Bonchev–Trinajstić information content (AvgIpc) is 3.19. The molecule has 27 heavy (non-hydrogen) atoms. The molecule has 5 nitrogen and oxygen atoms in total. The van der Waals surface area contributed by atoms with Gasteiger partial charge in [-0.2, -0.15) is 0 Å². The molecule has 0 fully saturated rings. The second-order valence-corrected chi connectivity index (χ2v) is 7.43. The van der Waals surface area contributed by atoms with Gasteiger partial charge >= 0.3 is 0 Å². The lowest BCUT2D eigenvalue weighted by atomic mass is 10.0. The third-order valence-electron chi connectivity index (χ3n) is 4.85. The van der Waals surface area contributed by atoms with Gasteiger partial charge in [0.15, 0.2) is 0 Å². The highest BCUT2D eigenvalue weighted by Crippen LogP contribution is 2.13. The second-order valence-electron chi connectivity index (χ2n) is 7.43. The van der Waals surface area contributed by atoms with Crippen molar-refractivity contribution < 1.29 is 19.1 Å². The molecule has 0 spiro atoms. The van der Waals surface area contributed by atoms with Gasteiger partial charge in [-0.15, -0.1) is 0 Å². The van der Waals surface area contributed by atoms with Crippen LogP contribution in [-0.2, 0) is 4.74 Å². The minimum absolute atomic E-state index is 0.0917. The van der Waals surface area contributed by atoms with E-state index < -0.39 is 0 Å². The standard InChI is InChI=1S/C22H41NO4/c1-2-3-4-5-6-7-8-9-10-11-12-13-14-15-17-25-20-21(19-24)27-22-16-18-26-23-22/h16,18,21,24H,2-15,17,19-20H2,1H3. The Morgan fingerprint density at radius 2 is 1.44 bits per heavy atom. The van der Waals surface area contributed by atoms with Crippen LogP contribution in [0.4, 0.5) is 0 Å². The molecule has 0 radical (unpaired) electrons. The Hall–Kier alpha value is -1.07. The molecule has 0 aromatic carbocycles. The summed E-state index contributed by atoms with van der Waals surface area (Å²) in [5.41, 5.74) is 0. The van der Waals surface area contributed by atoms with E-state index in [4.69, 9.17) is 14.0 Å². The lowest BCUT2D eigenvalue weighted by molar-refractivity contribution is 0.0153. The molecule has 1 rings (SSSR count). The van der Waals surface area contributed by atoms with Gasteiger partial charge in [-0.05, 0) is 11.6 Å². The molecule has 158 valence electrons. The lowest BCUT2D eigenvalue weighted by Gasteiger charge is -2.14. The Bertz CT molecular complexity index is 397. The predicted molar refractivity (Wildman–Crippen MR) is 109 cm³/mol.